The van der Waals surface area contributed by atoms with E-state index in [1.165, 1.54) is 0 Å². The Balaban J connectivity index is 2.35. The normalized spacial score (nSPS) is 18.2. The van der Waals surface area contributed by atoms with Crippen molar-refractivity contribution in [3.63, 3.8) is 0 Å². The summed E-state index contributed by atoms with van der Waals surface area (Å²) in [6, 6.07) is 1.62. The van der Waals surface area contributed by atoms with E-state index in [-0.39, 0.29) is 23.1 Å². The molecule has 1 heterocycles. The average Bonchev–Trinajstić information content (AvgIpc) is 2.81. The van der Waals surface area contributed by atoms with Crippen LogP contribution in [0.25, 0.3) is 0 Å². The highest BCUT2D eigenvalue weighted by Gasteiger charge is 2.34. The third-order valence-electron chi connectivity index (χ3n) is 4.46. The Hall–Kier alpha value is -1.58. The fraction of sp³-hybridized carbons (Fsp3) is 0.647. The standard InChI is InChI=1S/C17H26N2O2/c1-6-18(7-2)16(21)12(3)19-9-8-13-14(19)10-17(4,5)11-15(13)20/h8-9,12H,6-7,10-11H2,1-5H3. The molecule has 0 aromatic carbocycles. The van der Waals surface area contributed by atoms with E-state index in [1.54, 1.807) is 0 Å². The van der Waals surface area contributed by atoms with Crippen LogP contribution in [0.3, 0.4) is 0 Å². The highest BCUT2D eigenvalue weighted by atomic mass is 16.2. The molecule has 1 aliphatic rings. The number of carbonyl (C=O) groups excluding carboxylic acids is 2. The molecule has 1 unspecified atom stereocenters. The molecule has 2 rings (SSSR count). The van der Waals surface area contributed by atoms with Crippen LogP contribution in [0, 0.1) is 5.41 Å². The van der Waals surface area contributed by atoms with Gasteiger partial charge < -0.3 is 9.47 Å². The molecule has 116 valence electrons. The number of hydrogen-bond donors (Lipinski definition) is 0. The molecular weight excluding hydrogens is 264 g/mol. The highest BCUT2D eigenvalue weighted by molar-refractivity contribution is 5.99. The molecule has 1 aromatic heterocycles. The second-order valence-corrected chi connectivity index (χ2v) is 6.71. The molecule has 0 bridgehead atoms. The van der Waals surface area contributed by atoms with E-state index in [0.717, 1.165) is 17.7 Å². The number of rotatable bonds is 4. The lowest BCUT2D eigenvalue weighted by molar-refractivity contribution is -0.133. The molecule has 4 heteroatoms. The molecule has 1 aromatic rings. The van der Waals surface area contributed by atoms with Gasteiger partial charge in [-0.2, -0.15) is 0 Å². The number of likely N-dealkylation sites (N-methyl/N-ethyl adjacent to an activating group) is 1. The molecule has 0 spiro atoms. The molecule has 0 aliphatic heterocycles. The van der Waals surface area contributed by atoms with Crippen molar-refractivity contribution in [1.82, 2.24) is 9.47 Å². The van der Waals surface area contributed by atoms with E-state index < -0.39 is 0 Å². The zero-order valence-corrected chi connectivity index (χ0v) is 13.8. The first kappa shape index (κ1) is 15.8. The third-order valence-corrected chi connectivity index (χ3v) is 4.46. The summed E-state index contributed by atoms with van der Waals surface area (Å²) in [6.07, 6.45) is 3.33. The minimum absolute atomic E-state index is 0.0296. The van der Waals surface area contributed by atoms with Crippen molar-refractivity contribution in [2.45, 2.75) is 53.5 Å². The summed E-state index contributed by atoms with van der Waals surface area (Å²) in [4.78, 5) is 26.6. The minimum atomic E-state index is -0.254. The highest BCUT2D eigenvalue weighted by Crippen LogP contribution is 2.36. The molecular formula is C17H26N2O2. The smallest absolute Gasteiger partial charge is 0.245 e. The summed E-state index contributed by atoms with van der Waals surface area (Å²) in [7, 11) is 0. The first-order valence-electron chi connectivity index (χ1n) is 7.82. The van der Waals surface area contributed by atoms with Gasteiger partial charge in [0, 0.05) is 37.0 Å². The van der Waals surface area contributed by atoms with Crippen LogP contribution in [0.15, 0.2) is 12.3 Å². The van der Waals surface area contributed by atoms with E-state index in [4.69, 9.17) is 0 Å². The molecule has 0 fully saturated rings. The summed E-state index contributed by atoms with van der Waals surface area (Å²) in [5.41, 5.74) is 1.79. The van der Waals surface area contributed by atoms with Crippen molar-refractivity contribution in [3.8, 4) is 0 Å². The molecule has 0 N–H and O–H groups in total. The van der Waals surface area contributed by atoms with Crippen LogP contribution in [-0.4, -0.2) is 34.2 Å². The fourth-order valence-electron chi connectivity index (χ4n) is 3.25. The summed E-state index contributed by atoms with van der Waals surface area (Å²) >= 11 is 0. The Morgan fingerprint density at radius 1 is 1.33 bits per heavy atom. The number of aromatic nitrogens is 1. The molecule has 1 amide bonds. The van der Waals surface area contributed by atoms with Gasteiger partial charge in [0.25, 0.3) is 0 Å². The summed E-state index contributed by atoms with van der Waals surface area (Å²) in [5.74, 6) is 0.316. The van der Waals surface area contributed by atoms with E-state index in [0.29, 0.717) is 19.5 Å². The Bertz CT molecular complexity index is 553. The lowest BCUT2D eigenvalue weighted by atomic mass is 9.76. The van der Waals surface area contributed by atoms with Crippen molar-refractivity contribution >= 4 is 11.7 Å². The number of ketones is 1. The van der Waals surface area contributed by atoms with Crippen LogP contribution >= 0.6 is 0 Å². The monoisotopic (exact) mass is 290 g/mol. The largest absolute Gasteiger partial charge is 0.341 e. The lowest BCUT2D eigenvalue weighted by Crippen LogP contribution is -2.37. The SMILES string of the molecule is CCN(CC)C(=O)C(C)n1ccc2c1CC(C)(C)CC2=O. The van der Waals surface area contributed by atoms with Crippen molar-refractivity contribution in [1.29, 1.82) is 0 Å². The maximum Gasteiger partial charge on any atom is 0.245 e. The minimum Gasteiger partial charge on any atom is -0.341 e. The molecule has 0 saturated heterocycles. The third kappa shape index (κ3) is 2.89. The van der Waals surface area contributed by atoms with E-state index in [9.17, 15) is 9.59 Å². The number of nitrogens with zero attached hydrogens (tertiary/aromatic N) is 2. The van der Waals surface area contributed by atoms with Gasteiger partial charge in [-0.15, -0.1) is 0 Å². The second kappa shape index (κ2) is 5.66. The Morgan fingerprint density at radius 3 is 2.52 bits per heavy atom. The summed E-state index contributed by atoms with van der Waals surface area (Å²) in [5, 5.41) is 0. The molecule has 1 atom stereocenters. The number of fused-ring (bicyclic) bond motifs is 1. The van der Waals surface area contributed by atoms with Crippen LogP contribution in [0.4, 0.5) is 0 Å². The predicted molar refractivity (Wildman–Crippen MR) is 83.5 cm³/mol. The van der Waals surface area contributed by atoms with Gasteiger partial charge >= 0.3 is 0 Å². The van der Waals surface area contributed by atoms with Crippen LogP contribution in [0.1, 0.15) is 63.1 Å². The predicted octanol–water partition coefficient (Wildman–Crippen LogP) is 3.07. The van der Waals surface area contributed by atoms with Gasteiger partial charge in [0.1, 0.15) is 6.04 Å². The zero-order valence-electron chi connectivity index (χ0n) is 13.8. The van der Waals surface area contributed by atoms with Gasteiger partial charge in [0.15, 0.2) is 5.78 Å². The van der Waals surface area contributed by atoms with Crippen LogP contribution in [0.2, 0.25) is 0 Å². The van der Waals surface area contributed by atoms with Crippen LogP contribution in [0.5, 0.6) is 0 Å². The average molecular weight is 290 g/mol. The van der Waals surface area contributed by atoms with Gasteiger partial charge in [-0.05, 0) is 38.7 Å². The van der Waals surface area contributed by atoms with E-state index in [2.05, 4.69) is 13.8 Å². The number of amides is 1. The van der Waals surface area contributed by atoms with Crippen molar-refractivity contribution in [3.05, 3.63) is 23.5 Å². The van der Waals surface area contributed by atoms with E-state index in [1.807, 2.05) is 42.5 Å². The second-order valence-electron chi connectivity index (χ2n) is 6.71. The number of hydrogen-bond acceptors (Lipinski definition) is 2. The lowest BCUT2D eigenvalue weighted by Gasteiger charge is -2.31. The maximum absolute atomic E-state index is 12.6. The van der Waals surface area contributed by atoms with Gasteiger partial charge in [-0.3, -0.25) is 9.59 Å². The molecule has 21 heavy (non-hydrogen) atoms. The molecule has 4 nitrogen and oxygen atoms in total. The van der Waals surface area contributed by atoms with Gasteiger partial charge in [-0.25, -0.2) is 0 Å². The Kier molecular flexibility index (Phi) is 4.26. The zero-order chi connectivity index (χ0) is 15.8. The first-order valence-corrected chi connectivity index (χ1v) is 7.82. The van der Waals surface area contributed by atoms with Crippen LogP contribution < -0.4 is 0 Å². The molecule has 0 saturated carbocycles. The van der Waals surface area contributed by atoms with Crippen molar-refractivity contribution in [2.24, 2.45) is 5.41 Å². The topological polar surface area (TPSA) is 42.3 Å². The number of carbonyl (C=O) groups is 2. The quantitative estimate of drug-likeness (QED) is 0.855. The fourth-order valence-corrected chi connectivity index (χ4v) is 3.25. The van der Waals surface area contributed by atoms with Crippen molar-refractivity contribution < 1.29 is 9.59 Å². The Labute approximate surface area is 127 Å². The van der Waals surface area contributed by atoms with Gasteiger partial charge in [0.2, 0.25) is 5.91 Å². The Morgan fingerprint density at radius 2 is 1.95 bits per heavy atom. The van der Waals surface area contributed by atoms with E-state index >= 15 is 0 Å². The summed E-state index contributed by atoms with van der Waals surface area (Å²) < 4.78 is 1.99. The summed E-state index contributed by atoms with van der Waals surface area (Å²) in [6.45, 7) is 11.6. The van der Waals surface area contributed by atoms with Gasteiger partial charge in [0.05, 0.1) is 0 Å². The molecule has 0 radical (unpaired) electrons. The first-order chi connectivity index (χ1) is 9.80. The van der Waals surface area contributed by atoms with Crippen molar-refractivity contribution in [2.75, 3.05) is 13.1 Å². The maximum atomic E-state index is 12.6. The van der Waals surface area contributed by atoms with Crippen LogP contribution in [-0.2, 0) is 11.2 Å². The molecule has 1 aliphatic carbocycles. The number of Topliss-reactive ketones (excluding diaryl/α,β-unsaturated/α-hetero) is 1. The van der Waals surface area contributed by atoms with Gasteiger partial charge in [-0.1, -0.05) is 13.8 Å².